The molecule has 0 aliphatic rings. The van der Waals surface area contributed by atoms with E-state index in [1.807, 2.05) is 0 Å². The molecule has 86 valence electrons. The molecule has 0 saturated heterocycles. The van der Waals surface area contributed by atoms with E-state index in [9.17, 15) is 9.18 Å². The summed E-state index contributed by atoms with van der Waals surface area (Å²) in [4.78, 5) is 10.7. The molecule has 1 aromatic carbocycles. The van der Waals surface area contributed by atoms with Gasteiger partial charge in [-0.1, -0.05) is 23.8 Å². The maximum Gasteiger partial charge on any atom is 0.337 e. The molecule has 16 heavy (non-hydrogen) atoms. The standard InChI is InChI=1S/C11H11ClFNO2/c12-9-5-7(3-1-2-4-14)10(13)6-8(9)11(15)16/h1,3,5-6H,2,4,14H2,(H,15,16). The van der Waals surface area contributed by atoms with Crippen LogP contribution in [0.1, 0.15) is 22.3 Å². The Kier molecular flexibility index (Phi) is 4.46. The van der Waals surface area contributed by atoms with Crippen molar-refractivity contribution in [1.82, 2.24) is 0 Å². The number of aromatic carboxylic acids is 1. The number of carbonyl (C=O) groups is 1. The third kappa shape index (κ3) is 3.05. The van der Waals surface area contributed by atoms with Crippen molar-refractivity contribution in [2.75, 3.05) is 6.54 Å². The fourth-order valence-corrected chi connectivity index (χ4v) is 1.41. The predicted octanol–water partition coefficient (Wildman–Crippen LogP) is 2.54. The smallest absolute Gasteiger partial charge is 0.337 e. The Morgan fingerprint density at radius 1 is 1.56 bits per heavy atom. The monoisotopic (exact) mass is 243 g/mol. The number of rotatable bonds is 4. The Morgan fingerprint density at radius 3 is 2.81 bits per heavy atom. The van der Waals surface area contributed by atoms with Crippen LogP contribution in [0.5, 0.6) is 0 Å². The summed E-state index contributed by atoms with van der Waals surface area (Å²) in [6, 6.07) is 2.19. The topological polar surface area (TPSA) is 63.3 Å². The summed E-state index contributed by atoms with van der Waals surface area (Å²) in [6.07, 6.45) is 3.85. The van der Waals surface area contributed by atoms with E-state index in [0.717, 1.165) is 6.07 Å². The van der Waals surface area contributed by atoms with E-state index in [4.69, 9.17) is 22.4 Å². The van der Waals surface area contributed by atoms with Crippen LogP contribution in [0.4, 0.5) is 4.39 Å². The Balaban J connectivity index is 3.05. The van der Waals surface area contributed by atoms with Crippen molar-refractivity contribution in [2.45, 2.75) is 6.42 Å². The van der Waals surface area contributed by atoms with Gasteiger partial charge in [0.1, 0.15) is 5.82 Å². The second-order valence-electron chi connectivity index (χ2n) is 3.14. The van der Waals surface area contributed by atoms with Gasteiger partial charge in [-0.3, -0.25) is 0 Å². The zero-order valence-corrected chi connectivity index (χ0v) is 9.17. The van der Waals surface area contributed by atoms with Gasteiger partial charge in [0.15, 0.2) is 0 Å². The summed E-state index contributed by atoms with van der Waals surface area (Å²) in [7, 11) is 0. The Labute approximate surface area is 97.3 Å². The molecule has 0 spiro atoms. The lowest BCUT2D eigenvalue weighted by Crippen LogP contribution is -1.99. The van der Waals surface area contributed by atoms with E-state index >= 15 is 0 Å². The Bertz CT molecular complexity index is 432. The van der Waals surface area contributed by atoms with Gasteiger partial charge in [-0.15, -0.1) is 0 Å². The van der Waals surface area contributed by atoms with Crippen LogP contribution in [-0.4, -0.2) is 17.6 Å². The molecular formula is C11H11ClFNO2. The zero-order valence-electron chi connectivity index (χ0n) is 8.41. The molecule has 0 unspecified atom stereocenters. The van der Waals surface area contributed by atoms with E-state index in [1.165, 1.54) is 12.1 Å². The summed E-state index contributed by atoms with van der Waals surface area (Å²) < 4.78 is 13.4. The van der Waals surface area contributed by atoms with Gasteiger partial charge >= 0.3 is 5.97 Å². The largest absolute Gasteiger partial charge is 0.478 e. The van der Waals surface area contributed by atoms with Crippen LogP contribution in [0.3, 0.4) is 0 Å². The SMILES string of the molecule is NCCC=Cc1cc(Cl)c(C(=O)O)cc1F. The summed E-state index contributed by atoms with van der Waals surface area (Å²) in [6.45, 7) is 0.471. The summed E-state index contributed by atoms with van der Waals surface area (Å²) in [5, 5.41) is 8.72. The second kappa shape index (κ2) is 5.63. The number of benzene rings is 1. The fraction of sp³-hybridized carbons (Fsp3) is 0.182. The number of nitrogens with two attached hydrogens (primary N) is 1. The molecule has 0 amide bonds. The van der Waals surface area contributed by atoms with Crippen molar-refractivity contribution in [1.29, 1.82) is 0 Å². The van der Waals surface area contributed by atoms with Crippen LogP contribution in [0.15, 0.2) is 18.2 Å². The Hall–Kier alpha value is -1.39. The van der Waals surface area contributed by atoms with E-state index < -0.39 is 11.8 Å². The van der Waals surface area contributed by atoms with Crippen LogP contribution in [0, 0.1) is 5.82 Å². The molecule has 0 heterocycles. The van der Waals surface area contributed by atoms with Crippen molar-refractivity contribution < 1.29 is 14.3 Å². The number of hydrogen-bond acceptors (Lipinski definition) is 2. The fourth-order valence-electron chi connectivity index (χ4n) is 1.16. The number of carboxylic acids is 1. The lowest BCUT2D eigenvalue weighted by Gasteiger charge is -2.02. The van der Waals surface area contributed by atoms with Crippen molar-refractivity contribution in [3.8, 4) is 0 Å². The first-order valence-electron chi connectivity index (χ1n) is 4.65. The van der Waals surface area contributed by atoms with E-state index in [1.54, 1.807) is 6.08 Å². The molecule has 1 aromatic rings. The minimum Gasteiger partial charge on any atom is -0.478 e. The molecular weight excluding hydrogens is 233 g/mol. The number of hydrogen-bond donors (Lipinski definition) is 2. The maximum atomic E-state index is 13.4. The van der Waals surface area contributed by atoms with E-state index in [2.05, 4.69) is 0 Å². The molecule has 0 atom stereocenters. The average molecular weight is 244 g/mol. The first-order chi connectivity index (χ1) is 7.56. The highest BCUT2D eigenvalue weighted by molar-refractivity contribution is 6.33. The van der Waals surface area contributed by atoms with E-state index in [-0.39, 0.29) is 16.1 Å². The predicted molar refractivity (Wildman–Crippen MR) is 61.1 cm³/mol. The highest BCUT2D eigenvalue weighted by atomic mass is 35.5. The molecule has 0 fully saturated rings. The highest BCUT2D eigenvalue weighted by Gasteiger charge is 2.12. The van der Waals surface area contributed by atoms with Gasteiger partial charge in [-0.2, -0.15) is 0 Å². The molecule has 5 heteroatoms. The summed E-state index contributed by atoms with van der Waals surface area (Å²) in [5.74, 6) is -1.86. The average Bonchev–Trinajstić information content (AvgIpc) is 2.22. The van der Waals surface area contributed by atoms with Crippen LogP contribution in [-0.2, 0) is 0 Å². The molecule has 0 radical (unpaired) electrons. The normalized spacial score (nSPS) is 10.9. The van der Waals surface area contributed by atoms with Crippen LogP contribution in [0.2, 0.25) is 5.02 Å². The van der Waals surface area contributed by atoms with Crippen molar-refractivity contribution in [3.05, 3.63) is 40.2 Å². The first kappa shape index (κ1) is 12.7. The molecule has 3 N–H and O–H groups in total. The molecule has 0 aliphatic heterocycles. The van der Waals surface area contributed by atoms with Crippen LogP contribution >= 0.6 is 11.6 Å². The maximum absolute atomic E-state index is 13.4. The van der Waals surface area contributed by atoms with Gasteiger partial charge in [-0.25, -0.2) is 9.18 Å². The van der Waals surface area contributed by atoms with Gasteiger partial charge in [0.2, 0.25) is 0 Å². The van der Waals surface area contributed by atoms with Gasteiger partial charge < -0.3 is 10.8 Å². The summed E-state index contributed by atoms with van der Waals surface area (Å²) >= 11 is 5.70. The van der Waals surface area contributed by atoms with Crippen LogP contribution in [0.25, 0.3) is 6.08 Å². The molecule has 0 bridgehead atoms. The van der Waals surface area contributed by atoms with Crippen LogP contribution < -0.4 is 5.73 Å². The highest BCUT2D eigenvalue weighted by Crippen LogP contribution is 2.22. The van der Waals surface area contributed by atoms with Crippen molar-refractivity contribution >= 4 is 23.6 Å². The Morgan fingerprint density at radius 2 is 2.25 bits per heavy atom. The number of carboxylic acid groups (broad SMARTS) is 1. The summed E-state index contributed by atoms with van der Waals surface area (Å²) in [5.41, 5.74) is 5.29. The van der Waals surface area contributed by atoms with Gasteiger partial charge in [0.05, 0.1) is 10.6 Å². The van der Waals surface area contributed by atoms with Crippen molar-refractivity contribution in [2.24, 2.45) is 5.73 Å². The third-order valence-electron chi connectivity index (χ3n) is 1.95. The third-order valence-corrected chi connectivity index (χ3v) is 2.26. The molecule has 0 aliphatic carbocycles. The zero-order chi connectivity index (χ0) is 12.1. The quantitative estimate of drug-likeness (QED) is 0.854. The molecule has 0 aromatic heterocycles. The van der Waals surface area contributed by atoms with E-state index in [0.29, 0.717) is 13.0 Å². The minimum atomic E-state index is -1.25. The van der Waals surface area contributed by atoms with Gasteiger partial charge in [0.25, 0.3) is 0 Å². The molecule has 3 nitrogen and oxygen atoms in total. The molecule has 1 rings (SSSR count). The van der Waals surface area contributed by atoms with Gasteiger partial charge in [-0.05, 0) is 25.1 Å². The lowest BCUT2D eigenvalue weighted by molar-refractivity contribution is 0.0696. The minimum absolute atomic E-state index is 0.0151. The molecule has 0 saturated carbocycles. The van der Waals surface area contributed by atoms with Crippen molar-refractivity contribution in [3.63, 3.8) is 0 Å². The van der Waals surface area contributed by atoms with Gasteiger partial charge in [0, 0.05) is 5.56 Å². The lowest BCUT2D eigenvalue weighted by atomic mass is 10.1. The second-order valence-corrected chi connectivity index (χ2v) is 3.55. The number of halogens is 2. The first-order valence-corrected chi connectivity index (χ1v) is 5.03.